The van der Waals surface area contributed by atoms with Gasteiger partial charge in [-0.25, -0.2) is 0 Å². The fourth-order valence-electron chi connectivity index (χ4n) is 7.24. The lowest BCUT2D eigenvalue weighted by Crippen LogP contribution is -2.34. The van der Waals surface area contributed by atoms with Gasteiger partial charge in [0.15, 0.2) is 12.4 Å². The Morgan fingerprint density at radius 2 is 0.616 bits per heavy atom. The normalized spacial score (nSPS) is 12.4. The lowest BCUT2D eigenvalue weighted by atomic mass is 10.1. The zero-order valence-electron chi connectivity index (χ0n) is 46.2. The van der Waals surface area contributed by atoms with Crippen molar-refractivity contribution in [1.82, 2.24) is 0 Å². The monoisotopic (exact) mass is 1060 g/mol. The minimum atomic E-state index is -0.962. The molecule has 0 bridgehead atoms. The molecule has 0 amide bonds. The molecular weight excluding hydrogens is 949 g/mol. The maximum Gasteiger partial charge on any atom is 0.306 e. The van der Waals surface area contributed by atoms with E-state index in [0.717, 1.165) is 38.5 Å². The van der Waals surface area contributed by atoms with Crippen molar-refractivity contribution in [1.29, 1.82) is 0 Å². The highest BCUT2D eigenvalue weighted by molar-refractivity contribution is 5.70. The number of aliphatic hydroxyl groups is 2. The number of carbonyl (C=O) groups is 2. The van der Waals surface area contributed by atoms with Crippen molar-refractivity contribution in [3.05, 3.63) is 0 Å². The van der Waals surface area contributed by atoms with Crippen molar-refractivity contribution >= 4 is 11.9 Å². The minimum absolute atomic E-state index is 0.0139. The molecule has 0 rings (SSSR count). The number of rotatable bonds is 64. The Morgan fingerprint density at radius 3 is 0.932 bits per heavy atom. The zero-order valence-corrected chi connectivity index (χ0v) is 46.2. The Bertz CT molecular complexity index is 1080. The minimum Gasteiger partial charge on any atom is -0.462 e. The van der Waals surface area contributed by atoms with E-state index in [9.17, 15) is 14.7 Å². The van der Waals surface area contributed by atoms with E-state index in [-0.39, 0.29) is 45.0 Å². The van der Waals surface area contributed by atoms with Crippen LogP contribution >= 0.6 is 0 Å². The van der Waals surface area contributed by atoms with Gasteiger partial charge in [0, 0.05) is 12.8 Å². The molecular formula is C55H108O18. The summed E-state index contributed by atoms with van der Waals surface area (Å²) in [5.74, 6) is -0.667. The quantitative estimate of drug-likeness (QED) is 0.0334. The predicted molar refractivity (Wildman–Crippen MR) is 281 cm³/mol. The zero-order chi connectivity index (χ0) is 52.9. The molecule has 0 spiro atoms. The third kappa shape index (κ3) is 59.5. The first-order valence-electron chi connectivity index (χ1n) is 28.6. The van der Waals surface area contributed by atoms with Gasteiger partial charge < -0.3 is 76.5 Å². The molecule has 0 aromatic rings. The SMILES string of the molecule is CCCCCCCCCCCCCC(=O)OCC(COC(CO)OCCOCCOCCOCCOCCOCCOCCOCCOCCOCCOCCO)OC(=O)CCCCCCCCCCCCC. The van der Waals surface area contributed by atoms with Crippen LogP contribution in [0.3, 0.4) is 0 Å². The maximum atomic E-state index is 12.8. The standard InChI is InChI=1S/C55H108O18/c1-3-5-7-9-11-13-15-17-19-21-23-25-53(58)71-50-52(73-54(59)26-24-22-20-18-16-14-12-10-8-6-4-2)51-72-55(49-57)70-48-47-69-46-45-68-44-43-67-42-41-66-40-39-65-38-37-64-36-35-63-34-33-62-32-31-61-30-29-60-28-27-56/h52,55-57H,3-51H2,1-2H3. The van der Waals surface area contributed by atoms with Gasteiger partial charge in [0.1, 0.15) is 6.61 Å². The summed E-state index contributed by atoms with van der Waals surface area (Å²) in [5, 5.41) is 18.5. The highest BCUT2D eigenvalue weighted by atomic mass is 16.7. The van der Waals surface area contributed by atoms with Gasteiger partial charge in [0.05, 0.1) is 159 Å². The van der Waals surface area contributed by atoms with Crippen molar-refractivity contribution in [2.45, 2.75) is 180 Å². The highest BCUT2D eigenvalue weighted by Gasteiger charge is 2.20. The summed E-state index contributed by atoms with van der Waals surface area (Å²) in [7, 11) is 0. The van der Waals surface area contributed by atoms with Gasteiger partial charge in [-0.2, -0.15) is 0 Å². The van der Waals surface area contributed by atoms with Gasteiger partial charge in [-0.15, -0.1) is 0 Å². The number of carbonyl (C=O) groups excluding carboxylic acids is 2. The van der Waals surface area contributed by atoms with Crippen molar-refractivity contribution in [2.24, 2.45) is 0 Å². The first-order valence-corrected chi connectivity index (χ1v) is 28.6. The van der Waals surface area contributed by atoms with Crippen LogP contribution in [0.15, 0.2) is 0 Å². The fourth-order valence-corrected chi connectivity index (χ4v) is 7.24. The number of esters is 2. The van der Waals surface area contributed by atoms with Crippen LogP contribution < -0.4 is 0 Å². The first-order chi connectivity index (χ1) is 36.1. The van der Waals surface area contributed by atoms with Crippen LogP contribution in [0.4, 0.5) is 0 Å². The number of aliphatic hydroxyl groups excluding tert-OH is 2. The van der Waals surface area contributed by atoms with Crippen LogP contribution in [0.5, 0.6) is 0 Å². The summed E-state index contributed by atoms with van der Waals surface area (Å²) in [6.45, 7) is 12.8. The Balaban J connectivity index is 4.03. The largest absolute Gasteiger partial charge is 0.462 e. The molecule has 0 aliphatic rings. The molecule has 436 valence electrons. The molecule has 0 aromatic carbocycles. The average Bonchev–Trinajstić information content (AvgIpc) is 3.39. The molecule has 0 saturated heterocycles. The number of hydrogen-bond acceptors (Lipinski definition) is 18. The van der Waals surface area contributed by atoms with Crippen LogP contribution in [-0.2, 0) is 75.9 Å². The smallest absolute Gasteiger partial charge is 0.306 e. The van der Waals surface area contributed by atoms with Crippen LogP contribution in [-0.4, -0.2) is 200 Å². The number of hydrogen-bond donors (Lipinski definition) is 2. The fraction of sp³-hybridized carbons (Fsp3) is 0.964. The average molecular weight is 1060 g/mol. The van der Waals surface area contributed by atoms with Gasteiger partial charge in [-0.3, -0.25) is 9.59 Å². The van der Waals surface area contributed by atoms with E-state index in [1.165, 1.54) is 103 Å². The Hall–Kier alpha value is -1.62. The van der Waals surface area contributed by atoms with E-state index in [1.807, 2.05) is 0 Å². The van der Waals surface area contributed by atoms with Crippen LogP contribution in [0, 0.1) is 0 Å². The number of ether oxygens (including phenoxy) is 14. The molecule has 0 aromatic heterocycles. The Morgan fingerprint density at radius 1 is 0.329 bits per heavy atom. The van der Waals surface area contributed by atoms with Gasteiger partial charge in [-0.05, 0) is 12.8 Å². The molecule has 2 N–H and O–H groups in total. The van der Waals surface area contributed by atoms with E-state index >= 15 is 0 Å². The molecule has 0 heterocycles. The van der Waals surface area contributed by atoms with Gasteiger partial charge >= 0.3 is 11.9 Å². The molecule has 0 aliphatic carbocycles. The second kappa shape index (κ2) is 62.9. The van der Waals surface area contributed by atoms with E-state index in [0.29, 0.717) is 138 Å². The van der Waals surface area contributed by atoms with E-state index in [1.54, 1.807) is 0 Å². The second-order valence-corrected chi connectivity index (χ2v) is 18.0. The third-order valence-corrected chi connectivity index (χ3v) is 11.4. The van der Waals surface area contributed by atoms with Gasteiger partial charge in [0.2, 0.25) is 0 Å². The lowest BCUT2D eigenvalue weighted by Gasteiger charge is -2.22. The molecule has 18 heteroatoms. The van der Waals surface area contributed by atoms with Crippen LogP contribution in [0.1, 0.15) is 168 Å². The first kappa shape index (κ1) is 71.4. The molecule has 0 aliphatic heterocycles. The van der Waals surface area contributed by atoms with Gasteiger partial charge in [0.25, 0.3) is 0 Å². The molecule has 0 radical (unpaired) electrons. The number of unbranched alkanes of at least 4 members (excludes halogenated alkanes) is 20. The molecule has 0 fully saturated rings. The van der Waals surface area contributed by atoms with E-state index < -0.39 is 19.0 Å². The summed E-state index contributed by atoms with van der Waals surface area (Å²) in [6.07, 6.45) is 25.1. The van der Waals surface area contributed by atoms with E-state index in [4.69, 9.17) is 71.4 Å². The van der Waals surface area contributed by atoms with Crippen LogP contribution in [0.25, 0.3) is 0 Å². The van der Waals surface area contributed by atoms with Crippen molar-refractivity contribution in [3.8, 4) is 0 Å². The summed E-state index contributed by atoms with van der Waals surface area (Å²) < 4.78 is 77.2. The summed E-state index contributed by atoms with van der Waals surface area (Å²) in [6, 6.07) is 0. The molecule has 0 saturated carbocycles. The van der Waals surface area contributed by atoms with Gasteiger partial charge in [-0.1, -0.05) is 142 Å². The molecule has 18 nitrogen and oxygen atoms in total. The summed E-state index contributed by atoms with van der Waals surface area (Å²) in [5.41, 5.74) is 0. The topological polar surface area (TPSA) is 204 Å². The Kier molecular flexibility index (Phi) is 61.5. The predicted octanol–water partition coefficient (Wildman–Crippen LogP) is 8.35. The van der Waals surface area contributed by atoms with Crippen molar-refractivity contribution in [3.63, 3.8) is 0 Å². The highest BCUT2D eigenvalue weighted by Crippen LogP contribution is 2.14. The van der Waals surface area contributed by atoms with Crippen LogP contribution in [0.2, 0.25) is 0 Å². The molecule has 2 atom stereocenters. The van der Waals surface area contributed by atoms with Crippen molar-refractivity contribution in [2.75, 3.05) is 165 Å². The summed E-state index contributed by atoms with van der Waals surface area (Å²) in [4.78, 5) is 25.4. The third-order valence-electron chi connectivity index (χ3n) is 11.4. The van der Waals surface area contributed by atoms with Crippen molar-refractivity contribution < 1.29 is 86.1 Å². The second-order valence-electron chi connectivity index (χ2n) is 18.0. The Labute approximate surface area is 442 Å². The van der Waals surface area contributed by atoms with E-state index in [2.05, 4.69) is 13.8 Å². The lowest BCUT2D eigenvalue weighted by molar-refractivity contribution is -0.194. The molecule has 2 unspecified atom stereocenters. The molecule has 73 heavy (non-hydrogen) atoms. The maximum absolute atomic E-state index is 12.8. The summed E-state index contributed by atoms with van der Waals surface area (Å²) >= 11 is 0.